The van der Waals surface area contributed by atoms with Gasteiger partial charge in [-0.2, -0.15) is 0 Å². The van der Waals surface area contributed by atoms with E-state index in [0.717, 1.165) is 57.8 Å². The van der Waals surface area contributed by atoms with Crippen LogP contribution in [0.4, 0.5) is 0 Å². The molecule has 312 valence electrons. The lowest BCUT2D eigenvalue weighted by Gasteiger charge is -2.39. The predicted octanol–water partition coefficient (Wildman–Crippen LogP) is 8.78. The van der Waals surface area contributed by atoms with Gasteiger partial charge >= 0.3 is 11.9 Å². The minimum Gasteiger partial charge on any atom is -0.462 e. The third-order valence-electron chi connectivity index (χ3n) is 10.2. The SMILES string of the molecule is CCCCC/C=C\CCCCCCCC(=O)OC(COC(=O)CCCCCCCCCCCCCCCCCC)COC1OC(CO)C(O)C(O)C1O. The van der Waals surface area contributed by atoms with Crippen LogP contribution in [0.15, 0.2) is 12.2 Å². The van der Waals surface area contributed by atoms with Crippen LogP contribution in [0.1, 0.15) is 194 Å². The molecule has 6 atom stereocenters. The highest BCUT2D eigenvalue weighted by atomic mass is 16.7. The van der Waals surface area contributed by atoms with Gasteiger partial charge in [0.05, 0.1) is 13.2 Å². The van der Waals surface area contributed by atoms with Crippen LogP contribution < -0.4 is 0 Å². The minimum absolute atomic E-state index is 0.215. The number of esters is 2. The molecular weight excluding hydrogens is 676 g/mol. The highest BCUT2D eigenvalue weighted by Crippen LogP contribution is 2.23. The molecule has 1 aliphatic heterocycles. The van der Waals surface area contributed by atoms with Gasteiger partial charge in [0.25, 0.3) is 0 Å². The molecule has 10 nitrogen and oxygen atoms in total. The van der Waals surface area contributed by atoms with Crippen molar-refractivity contribution in [2.45, 2.75) is 230 Å². The maximum Gasteiger partial charge on any atom is 0.306 e. The molecule has 1 aliphatic rings. The fraction of sp³-hybridized carbons (Fsp3) is 0.907. The normalized spacial score (nSPS) is 20.9. The zero-order valence-electron chi connectivity index (χ0n) is 33.8. The number of rotatable bonds is 36. The molecule has 1 saturated heterocycles. The van der Waals surface area contributed by atoms with E-state index < -0.39 is 49.4 Å². The predicted molar refractivity (Wildman–Crippen MR) is 210 cm³/mol. The number of aliphatic hydroxyl groups is 4. The van der Waals surface area contributed by atoms with Crippen molar-refractivity contribution < 1.29 is 49.0 Å². The second-order valence-corrected chi connectivity index (χ2v) is 15.2. The van der Waals surface area contributed by atoms with E-state index in [9.17, 15) is 30.0 Å². The van der Waals surface area contributed by atoms with Crippen LogP contribution in [0.25, 0.3) is 0 Å². The molecule has 0 bridgehead atoms. The van der Waals surface area contributed by atoms with Gasteiger partial charge in [-0.25, -0.2) is 0 Å². The summed E-state index contributed by atoms with van der Waals surface area (Å²) >= 11 is 0. The largest absolute Gasteiger partial charge is 0.462 e. The molecular formula is C43H80O10. The Hall–Kier alpha value is -1.56. The minimum atomic E-state index is -1.59. The van der Waals surface area contributed by atoms with E-state index in [2.05, 4.69) is 26.0 Å². The van der Waals surface area contributed by atoms with E-state index >= 15 is 0 Å². The number of allylic oxidation sites excluding steroid dienone is 2. The number of aliphatic hydroxyl groups excluding tert-OH is 4. The average molecular weight is 757 g/mol. The summed E-state index contributed by atoms with van der Waals surface area (Å²) in [6.07, 6.45) is 27.9. The van der Waals surface area contributed by atoms with E-state index in [1.807, 2.05) is 0 Å². The third-order valence-corrected chi connectivity index (χ3v) is 10.2. The van der Waals surface area contributed by atoms with Crippen LogP contribution in [0.5, 0.6) is 0 Å². The van der Waals surface area contributed by atoms with Gasteiger partial charge in [0.15, 0.2) is 12.4 Å². The number of hydrogen-bond acceptors (Lipinski definition) is 10. The third kappa shape index (κ3) is 26.8. The van der Waals surface area contributed by atoms with Crippen molar-refractivity contribution >= 4 is 11.9 Å². The second-order valence-electron chi connectivity index (χ2n) is 15.2. The Morgan fingerprint density at radius 1 is 0.566 bits per heavy atom. The maximum absolute atomic E-state index is 12.7. The van der Waals surface area contributed by atoms with E-state index in [1.54, 1.807) is 0 Å². The van der Waals surface area contributed by atoms with Gasteiger partial charge in [0, 0.05) is 12.8 Å². The Labute approximate surface area is 322 Å². The highest BCUT2D eigenvalue weighted by molar-refractivity contribution is 5.70. The molecule has 1 heterocycles. The first kappa shape index (κ1) is 49.5. The molecule has 0 aromatic heterocycles. The molecule has 0 saturated carbocycles. The molecule has 0 spiro atoms. The van der Waals surface area contributed by atoms with Crippen LogP contribution in [0, 0.1) is 0 Å². The fourth-order valence-electron chi connectivity index (χ4n) is 6.65. The van der Waals surface area contributed by atoms with E-state index in [4.69, 9.17) is 18.9 Å². The van der Waals surface area contributed by atoms with Gasteiger partial charge in [-0.15, -0.1) is 0 Å². The lowest BCUT2D eigenvalue weighted by atomic mass is 9.99. The molecule has 1 rings (SSSR count). The Kier molecular flexibility index (Phi) is 32.6. The first-order valence-electron chi connectivity index (χ1n) is 21.8. The summed E-state index contributed by atoms with van der Waals surface area (Å²) in [5.74, 6) is -0.809. The van der Waals surface area contributed by atoms with Gasteiger partial charge in [-0.1, -0.05) is 154 Å². The smallest absolute Gasteiger partial charge is 0.306 e. The Morgan fingerprint density at radius 2 is 1.00 bits per heavy atom. The van der Waals surface area contributed by atoms with Crippen LogP contribution >= 0.6 is 0 Å². The molecule has 10 heteroatoms. The molecule has 0 aromatic carbocycles. The summed E-state index contributed by atoms with van der Waals surface area (Å²) in [6.45, 7) is 3.40. The van der Waals surface area contributed by atoms with Crippen LogP contribution in [-0.4, -0.2) is 89.0 Å². The summed E-state index contributed by atoms with van der Waals surface area (Å²) in [5.41, 5.74) is 0. The lowest BCUT2D eigenvalue weighted by molar-refractivity contribution is -0.305. The van der Waals surface area contributed by atoms with Crippen LogP contribution in [-0.2, 0) is 28.5 Å². The monoisotopic (exact) mass is 757 g/mol. The summed E-state index contributed by atoms with van der Waals surface area (Å²) in [7, 11) is 0. The molecule has 0 aliphatic carbocycles. The second kappa shape index (κ2) is 34.9. The molecule has 6 unspecified atom stereocenters. The molecule has 1 fully saturated rings. The van der Waals surface area contributed by atoms with Crippen molar-refractivity contribution in [1.29, 1.82) is 0 Å². The Morgan fingerprint density at radius 3 is 1.51 bits per heavy atom. The van der Waals surface area contributed by atoms with Gasteiger partial charge in [-0.05, 0) is 38.5 Å². The fourth-order valence-corrected chi connectivity index (χ4v) is 6.65. The number of unbranched alkanes of at least 4 members (excludes halogenated alkanes) is 23. The van der Waals surface area contributed by atoms with Crippen molar-refractivity contribution in [2.75, 3.05) is 19.8 Å². The summed E-state index contributed by atoms with van der Waals surface area (Å²) in [5, 5.41) is 40.0. The van der Waals surface area contributed by atoms with Crippen LogP contribution in [0.3, 0.4) is 0 Å². The van der Waals surface area contributed by atoms with Gasteiger partial charge < -0.3 is 39.4 Å². The average Bonchev–Trinajstić information content (AvgIpc) is 3.15. The van der Waals surface area contributed by atoms with Crippen molar-refractivity contribution in [1.82, 2.24) is 0 Å². The molecule has 0 aromatic rings. The number of ether oxygens (including phenoxy) is 4. The van der Waals surface area contributed by atoms with Gasteiger partial charge in [-0.3, -0.25) is 9.59 Å². The van der Waals surface area contributed by atoms with Crippen molar-refractivity contribution in [3.8, 4) is 0 Å². The lowest BCUT2D eigenvalue weighted by Crippen LogP contribution is -2.59. The van der Waals surface area contributed by atoms with Crippen molar-refractivity contribution in [2.24, 2.45) is 0 Å². The standard InChI is InChI=1S/C43H80O10/c1-3-5-7-9-11-13-15-17-18-19-20-22-23-25-27-29-31-38(45)50-34-36(35-51-43-42(49)41(48)40(47)37(33-44)53-43)52-39(46)32-30-28-26-24-21-16-14-12-10-8-6-4-2/h12,14,36-37,40-44,47-49H,3-11,13,15-35H2,1-2H3/b14-12-. The zero-order chi connectivity index (χ0) is 38.8. The van der Waals surface area contributed by atoms with E-state index in [0.29, 0.717) is 6.42 Å². The molecule has 0 radical (unpaired) electrons. The zero-order valence-corrected chi connectivity index (χ0v) is 33.8. The molecule has 53 heavy (non-hydrogen) atoms. The van der Waals surface area contributed by atoms with E-state index in [1.165, 1.54) is 103 Å². The quantitative estimate of drug-likeness (QED) is 0.0277. The van der Waals surface area contributed by atoms with Crippen LogP contribution in [0.2, 0.25) is 0 Å². The summed E-state index contributed by atoms with van der Waals surface area (Å²) < 4.78 is 22.1. The number of hydrogen-bond donors (Lipinski definition) is 4. The topological polar surface area (TPSA) is 152 Å². The first-order chi connectivity index (χ1) is 25.8. The maximum atomic E-state index is 12.7. The van der Waals surface area contributed by atoms with Crippen molar-refractivity contribution in [3.05, 3.63) is 12.2 Å². The summed E-state index contributed by atoms with van der Waals surface area (Å²) in [4.78, 5) is 25.2. The first-order valence-corrected chi connectivity index (χ1v) is 21.8. The van der Waals surface area contributed by atoms with Gasteiger partial charge in [0.1, 0.15) is 31.0 Å². The summed E-state index contributed by atoms with van der Waals surface area (Å²) in [6, 6.07) is 0. The van der Waals surface area contributed by atoms with Crippen molar-refractivity contribution in [3.63, 3.8) is 0 Å². The number of carbonyl (C=O) groups excluding carboxylic acids is 2. The Bertz CT molecular complexity index is 881. The Balaban J connectivity index is 2.33. The molecule has 0 amide bonds. The number of carbonyl (C=O) groups is 2. The van der Waals surface area contributed by atoms with Gasteiger partial charge in [0.2, 0.25) is 0 Å². The molecule has 4 N–H and O–H groups in total. The van der Waals surface area contributed by atoms with E-state index in [-0.39, 0.29) is 32.0 Å². The highest BCUT2D eigenvalue weighted by Gasteiger charge is 2.44.